The minimum absolute atomic E-state index is 0.154. The van der Waals surface area contributed by atoms with Gasteiger partial charge in [0.25, 0.3) is 0 Å². The van der Waals surface area contributed by atoms with Gasteiger partial charge in [0.15, 0.2) is 5.41 Å². The van der Waals surface area contributed by atoms with Gasteiger partial charge >= 0.3 is 0 Å². The minimum atomic E-state index is -0.988. The lowest BCUT2D eigenvalue weighted by atomic mass is 9.77. The summed E-state index contributed by atoms with van der Waals surface area (Å²) in [6.45, 7) is 0.676. The van der Waals surface area contributed by atoms with E-state index in [4.69, 9.17) is 0 Å². The molecule has 1 saturated heterocycles. The molecular weight excluding hydrogens is 200 g/mol. The predicted octanol–water partition coefficient (Wildman–Crippen LogP) is 1.75. The molecule has 1 amide bonds. The van der Waals surface area contributed by atoms with E-state index < -0.39 is 5.41 Å². The molecule has 0 radical (unpaired) electrons. The summed E-state index contributed by atoms with van der Waals surface area (Å²) in [5, 5.41) is 12.2. The van der Waals surface area contributed by atoms with Crippen molar-refractivity contribution in [2.24, 2.45) is 0 Å². The van der Waals surface area contributed by atoms with E-state index in [-0.39, 0.29) is 5.91 Å². The molecule has 0 bridgehead atoms. The van der Waals surface area contributed by atoms with Crippen LogP contribution in [0.3, 0.4) is 0 Å². The van der Waals surface area contributed by atoms with Crippen LogP contribution >= 0.6 is 0 Å². The molecule has 0 spiro atoms. The normalized spacial score (nSPS) is 25.3. The molecule has 1 atom stereocenters. The smallest absolute Gasteiger partial charge is 0.245 e. The number of carbonyl (C=O) groups excluding carboxylic acids is 1. The van der Waals surface area contributed by atoms with E-state index in [1.54, 1.807) is 0 Å². The molecule has 3 nitrogen and oxygen atoms in total. The molecule has 0 aromatic heterocycles. The van der Waals surface area contributed by atoms with Crippen LogP contribution in [0.5, 0.6) is 0 Å². The molecule has 1 aliphatic heterocycles. The molecule has 3 heteroatoms. The van der Waals surface area contributed by atoms with Crippen LogP contribution in [-0.4, -0.2) is 12.5 Å². The molecular formula is C13H14N2O. The molecule has 0 aliphatic carbocycles. The van der Waals surface area contributed by atoms with Crippen molar-refractivity contribution in [3.05, 3.63) is 35.9 Å². The predicted molar refractivity (Wildman–Crippen MR) is 60.6 cm³/mol. The van der Waals surface area contributed by atoms with Gasteiger partial charge in [0.05, 0.1) is 6.07 Å². The third-order valence-electron chi connectivity index (χ3n) is 3.11. The average Bonchev–Trinajstić information content (AvgIpc) is 2.53. The maximum atomic E-state index is 12.0. The van der Waals surface area contributed by atoms with E-state index >= 15 is 0 Å². The second kappa shape index (κ2) is 4.36. The fraction of sp³-hybridized carbons (Fsp3) is 0.385. The van der Waals surface area contributed by atoms with Crippen molar-refractivity contribution in [2.45, 2.75) is 24.7 Å². The quantitative estimate of drug-likeness (QED) is 0.774. The molecule has 1 unspecified atom stereocenters. The van der Waals surface area contributed by atoms with Crippen LogP contribution in [-0.2, 0) is 10.2 Å². The number of nitrogens with zero attached hydrogens (tertiary/aromatic N) is 1. The van der Waals surface area contributed by atoms with Crippen LogP contribution in [0.25, 0.3) is 0 Å². The Labute approximate surface area is 95.1 Å². The Morgan fingerprint density at radius 1 is 1.25 bits per heavy atom. The number of amides is 1. The largest absolute Gasteiger partial charge is 0.354 e. The number of carbonyl (C=O) groups is 1. The van der Waals surface area contributed by atoms with Crippen molar-refractivity contribution in [3.8, 4) is 6.07 Å². The summed E-state index contributed by atoms with van der Waals surface area (Å²) >= 11 is 0. The molecule has 1 aliphatic rings. The van der Waals surface area contributed by atoms with Gasteiger partial charge in [-0.25, -0.2) is 0 Å². The maximum Gasteiger partial charge on any atom is 0.245 e. The Morgan fingerprint density at radius 3 is 2.69 bits per heavy atom. The number of nitrogens with one attached hydrogen (secondary N) is 1. The summed E-state index contributed by atoms with van der Waals surface area (Å²) in [6, 6.07) is 11.5. The fourth-order valence-electron chi connectivity index (χ4n) is 2.15. The SMILES string of the molecule is N#CC1(c2ccccc2)CCCCNC1=O. The van der Waals surface area contributed by atoms with Crippen molar-refractivity contribution >= 4 is 5.91 Å². The van der Waals surface area contributed by atoms with Crippen molar-refractivity contribution in [2.75, 3.05) is 6.54 Å². The Kier molecular flexibility index (Phi) is 2.91. The third-order valence-corrected chi connectivity index (χ3v) is 3.11. The lowest BCUT2D eigenvalue weighted by molar-refractivity contribution is -0.124. The summed E-state index contributed by atoms with van der Waals surface area (Å²) < 4.78 is 0. The second-order valence-corrected chi connectivity index (χ2v) is 4.10. The summed E-state index contributed by atoms with van der Waals surface area (Å²) in [5.74, 6) is -0.154. The second-order valence-electron chi connectivity index (χ2n) is 4.10. The molecule has 16 heavy (non-hydrogen) atoms. The summed E-state index contributed by atoms with van der Waals surface area (Å²) in [5.41, 5.74) is -0.186. The molecule has 1 aromatic rings. The highest BCUT2D eigenvalue weighted by molar-refractivity contribution is 5.91. The number of benzene rings is 1. The Balaban J connectivity index is 2.45. The van der Waals surface area contributed by atoms with Crippen LogP contribution < -0.4 is 5.32 Å². The van der Waals surface area contributed by atoms with E-state index in [1.165, 1.54) is 0 Å². The first-order valence-corrected chi connectivity index (χ1v) is 5.55. The molecule has 2 rings (SSSR count). The van der Waals surface area contributed by atoms with Gasteiger partial charge in [0.2, 0.25) is 5.91 Å². The van der Waals surface area contributed by atoms with E-state index in [0.29, 0.717) is 13.0 Å². The molecule has 1 heterocycles. The minimum Gasteiger partial charge on any atom is -0.354 e. The summed E-state index contributed by atoms with van der Waals surface area (Å²) in [4.78, 5) is 12.0. The summed E-state index contributed by atoms with van der Waals surface area (Å²) in [6.07, 6.45) is 2.46. The molecule has 1 aromatic carbocycles. The lowest BCUT2D eigenvalue weighted by Gasteiger charge is -2.23. The fourth-order valence-corrected chi connectivity index (χ4v) is 2.15. The Bertz CT molecular complexity index is 421. The number of hydrogen-bond donors (Lipinski definition) is 1. The van der Waals surface area contributed by atoms with Crippen LogP contribution in [0.4, 0.5) is 0 Å². The standard InChI is InChI=1S/C13H14N2O/c14-10-13(11-6-2-1-3-7-11)8-4-5-9-15-12(13)16/h1-3,6-7H,4-5,8-9H2,(H,15,16). The van der Waals surface area contributed by atoms with Crippen molar-refractivity contribution < 1.29 is 4.79 Å². The van der Waals surface area contributed by atoms with Crippen LogP contribution in [0.2, 0.25) is 0 Å². The van der Waals surface area contributed by atoms with Crippen molar-refractivity contribution in [3.63, 3.8) is 0 Å². The van der Waals surface area contributed by atoms with Crippen LogP contribution in [0, 0.1) is 11.3 Å². The Hall–Kier alpha value is -1.82. The van der Waals surface area contributed by atoms with Crippen LogP contribution in [0.1, 0.15) is 24.8 Å². The van der Waals surface area contributed by atoms with Gasteiger partial charge in [-0.1, -0.05) is 30.3 Å². The molecule has 82 valence electrons. The van der Waals surface area contributed by atoms with Gasteiger partial charge in [-0.15, -0.1) is 0 Å². The van der Waals surface area contributed by atoms with E-state index in [1.807, 2.05) is 30.3 Å². The highest BCUT2D eigenvalue weighted by Gasteiger charge is 2.40. The zero-order valence-electron chi connectivity index (χ0n) is 9.07. The Morgan fingerprint density at radius 2 is 2.00 bits per heavy atom. The molecule has 0 saturated carbocycles. The van der Waals surface area contributed by atoms with Gasteiger partial charge < -0.3 is 5.32 Å². The number of hydrogen-bond acceptors (Lipinski definition) is 2. The van der Waals surface area contributed by atoms with Gasteiger partial charge in [-0.3, -0.25) is 4.79 Å². The van der Waals surface area contributed by atoms with E-state index in [9.17, 15) is 10.1 Å². The van der Waals surface area contributed by atoms with Crippen LogP contribution in [0.15, 0.2) is 30.3 Å². The van der Waals surface area contributed by atoms with E-state index in [2.05, 4.69) is 11.4 Å². The third kappa shape index (κ3) is 1.67. The molecule has 1 fully saturated rings. The monoisotopic (exact) mass is 214 g/mol. The first-order chi connectivity index (χ1) is 7.79. The van der Waals surface area contributed by atoms with Gasteiger partial charge in [-0.2, -0.15) is 5.26 Å². The van der Waals surface area contributed by atoms with Gasteiger partial charge in [0.1, 0.15) is 0 Å². The van der Waals surface area contributed by atoms with E-state index in [0.717, 1.165) is 18.4 Å². The highest BCUT2D eigenvalue weighted by atomic mass is 16.2. The lowest BCUT2D eigenvalue weighted by Crippen LogP contribution is -2.41. The number of nitriles is 1. The van der Waals surface area contributed by atoms with Gasteiger partial charge in [0, 0.05) is 6.54 Å². The highest BCUT2D eigenvalue weighted by Crippen LogP contribution is 2.31. The first kappa shape index (κ1) is 10.7. The van der Waals surface area contributed by atoms with Gasteiger partial charge in [-0.05, 0) is 24.8 Å². The molecule has 1 N–H and O–H groups in total. The summed E-state index contributed by atoms with van der Waals surface area (Å²) in [7, 11) is 0. The average molecular weight is 214 g/mol. The first-order valence-electron chi connectivity index (χ1n) is 5.55. The number of rotatable bonds is 1. The zero-order chi connectivity index (χ0) is 11.4. The zero-order valence-corrected chi connectivity index (χ0v) is 9.07. The van der Waals surface area contributed by atoms with Crippen molar-refractivity contribution in [1.82, 2.24) is 5.32 Å². The topological polar surface area (TPSA) is 52.9 Å². The maximum absolute atomic E-state index is 12.0. The van der Waals surface area contributed by atoms with Crippen molar-refractivity contribution in [1.29, 1.82) is 5.26 Å².